The first-order valence-corrected chi connectivity index (χ1v) is 18.1. The van der Waals surface area contributed by atoms with Crippen LogP contribution in [0.5, 0.6) is 0 Å². The lowest BCUT2D eigenvalue weighted by Gasteiger charge is -2.60. The van der Waals surface area contributed by atoms with Gasteiger partial charge in [-0.3, -0.25) is 9.97 Å². The molecule has 0 saturated heterocycles. The average Bonchev–Trinajstić information content (AvgIpc) is 3.47. The van der Waals surface area contributed by atoms with Crippen molar-refractivity contribution in [3.8, 4) is 56.7 Å². The van der Waals surface area contributed by atoms with Gasteiger partial charge in [-0.2, -0.15) is 0 Å². The number of aromatic nitrogens is 5. The van der Waals surface area contributed by atoms with E-state index in [-0.39, 0.29) is 5.41 Å². The predicted octanol–water partition coefficient (Wildman–Crippen LogP) is 10.2. The molecule has 4 aromatic carbocycles. The third kappa shape index (κ3) is 4.10. The van der Waals surface area contributed by atoms with Crippen molar-refractivity contribution in [1.29, 1.82) is 0 Å². The van der Waals surface area contributed by atoms with Crippen LogP contribution in [-0.2, 0) is 5.41 Å². The van der Waals surface area contributed by atoms with E-state index in [9.17, 15) is 0 Å². The van der Waals surface area contributed by atoms with Crippen LogP contribution in [0, 0.1) is 23.7 Å². The van der Waals surface area contributed by atoms with Crippen molar-refractivity contribution in [1.82, 2.24) is 24.9 Å². The topological polar surface area (TPSA) is 64.5 Å². The summed E-state index contributed by atoms with van der Waals surface area (Å²) in [6.07, 6.45) is 10.6. The van der Waals surface area contributed by atoms with Crippen LogP contribution in [0.2, 0.25) is 0 Å². The van der Waals surface area contributed by atoms with E-state index in [0.29, 0.717) is 29.3 Å². The van der Waals surface area contributed by atoms with Gasteiger partial charge < -0.3 is 0 Å². The van der Waals surface area contributed by atoms with E-state index >= 15 is 0 Å². The van der Waals surface area contributed by atoms with Crippen molar-refractivity contribution in [2.45, 2.75) is 37.5 Å². The van der Waals surface area contributed by atoms with Gasteiger partial charge in [-0.25, -0.2) is 15.0 Å². The van der Waals surface area contributed by atoms with Gasteiger partial charge in [0.1, 0.15) is 0 Å². The largest absolute Gasteiger partial charge is 0.254 e. The second kappa shape index (κ2) is 10.7. The van der Waals surface area contributed by atoms with Crippen molar-refractivity contribution < 1.29 is 0 Å². The Morgan fingerprint density at radius 3 is 1.86 bits per heavy atom. The van der Waals surface area contributed by atoms with Gasteiger partial charge in [0.25, 0.3) is 0 Å². The Kier molecular flexibility index (Phi) is 6.07. The molecule has 3 heterocycles. The molecule has 240 valence electrons. The number of fused-ring (bicyclic) bond motifs is 4. The summed E-state index contributed by atoms with van der Waals surface area (Å²) in [5.41, 5.74) is 10.1. The summed E-state index contributed by atoms with van der Waals surface area (Å²) in [7, 11) is 0. The van der Waals surface area contributed by atoms with Gasteiger partial charge >= 0.3 is 0 Å². The van der Waals surface area contributed by atoms with Crippen molar-refractivity contribution in [2.75, 3.05) is 0 Å². The molecule has 4 saturated carbocycles. The molecule has 5 aliphatic carbocycles. The minimum atomic E-state index is -0.0229. The number of rotatable bonds is 4. The zero-order chi connectivity index (χ0) is 32.8. The third-order valence-corrected chi connectivity index (χ3v) is 12.4. The first kappa shape index (κ1) is 28.3. The Morgan fingerprint density at radius 2 is 1.10 bits per heavy atom. The van der Waals surface area contributed by atoms with Crippen molar-refractivity contribution in [2.24, 2.45) is 23.7 Å². The molecule has 7 aromatic rings. The van der Waals surface area contributed by atoms with Gasteiger partial charge in [0.05, 0.1) is 11.4 Å². The minimum Gasteiger partial charge on any atom is -0.254 e. The molecule has 1 spiro atoms. The van der Waals surface area contributed by atoms with Crippen LogP contribution in [0.4, 0.5) is 0 Å². The number of hydrogen-bond acceptors (Lipinski definition) is 5. The Balaban J connectivity index is 1.05. The van der Waals surface area contributed by atoms with Gasteiger partial charge in [0.2, 0.25) is 0 Å². The average molecular weight is 646 g/mol. The molecule has 0 N–H and O–H groups in total. The lowest BCUT2D eigenvalue weighted by molar-refractivity contribution is -0.0400. The van der Waals surface area contributed by atoms with Crippen molar-refractivity contribution in [3.63, 3.8) is 0 Å². The summed E-state index contributed by atoms with van der Waals surface area (Å²) in [6, 6.07) is 40.8. The van der Waals surface area contributed by atoms with E-state index in [4.69, 9.17) is 24.9 Å². The Morgan fingerprint density at radius 1 is 0.480 bits per heavy atom. The fourth-order valence-corrected chi connectivity index (χ4v) is 10.6. The normalized spacial score (nSPS) is 24.1. The second-order valence-corrected chi connectivity index (χ2v) is 15.0. The Bertz CT molecular complexity index is 2420. The molecule has 5 aliphatic rings. The molecule has 12 rings (SSSR count). The van der Waals surface area contributed by atoms with Crippen LogP contribution < -0.4 is 0 Å². The van der Waals surface area contributed by atoms with Gasteiger partial charge in [-0.15, -0.1) is 0 Å². The SMILES string of the molecule is c1ccc(-c2nc(-c3ccc(-c4cccc5ccccc45)cc3)nc(-c3cnc4c(c3)C3(c5cccnc5-4)C4CC5CC(C4)CC3C5)n2)cc1. The number of pyridine rings is 2. The molecular weight excluding hydrogens is 611 g/mol. The standard InChI is InChI=1S/C45H35N5/c1-2-9-31(10-3-1)42-48-43(32-17-15-30(16-18-32)37-13-6-11-29-8-4-5-12-36(29)37)50-44(49-42)33-25-39-41(47-26-33)40-38(14-7-19-46-40)45(39)34-21-27-20-28(23-34)24-35(45)22-27/h1-19,25-28,34-35H,20-24H2. The zero-order valence-electron chi connectivity index (χ0n) is 27.7. The lowest BCUT2D eigenvalue weighted by atomic mass is 9.43. The van der Waals surface area contributed by atoms with Crippen LogP contribution in [0.3, 0.4) is 0 Å². The molecule has 5 heteroatoms. The van der Waals surface area contributed by atoms with Crippen LogP contribution >= 0.6 is 0 Å². The fraction of sp³-hybridized carbons (Fsp3) is 0.222. The van der Waals surface area contributed by atoms with E-state index in [1.807, 2.05) is 30.6 Å². The van der Waals surface area contributed by atoms with Gasteiger partial charge in [-0.05, 0) is 101 Å². The predicted molar refractivity (Wildman–Crippen MR) is 198 cm³/mol. The van der Waals surface area contributed by atoms with Crippen LogP contribution in [0.15, 0.2) is 128 Å². The summed E-state index contributed by atoms with van der Waals surface area (Å²) in [5, 5.41) is 2.48. The maximum absolute atomic E-state index is 5.20. The number of benzene rings is 4. The monoisotopic (exact) mass is 645 g/mol. The van der Waals surface area contributed by atoms with E-state index in [0.717, 1.165) is 39.9 Å². The molecule has 0 amide bonds. The van der Waals surface area contributed by atoms with E-state index in [2.05, 4.69) is 97.1 Å². The third-order valence-electron chi connectivity index (χ3n) is 12.4. The van der Waals surface area contributed by atoms with Crippen molar-refractivity contribution in [3.05, 3.63) is 139 Å². The summed E-state index contributed by atoms with van der Waals surface area (Å²) in [4.78, 5) is 25.5. The Hall–Kier alpha value is -5.55. The molecule has 0 unspecified atom stereocenters. The molecule has 4 fully saturated rings. The molecule has 50 heavy (non-hydrogen) atoms. The minimum absolute atomic E-state index is 0.0229. The fourth-order valence-electron chi connectivity index (χ4n) is 10.6. The summed E-state index contributed by atoms with van der Waals surface area (Å²) in [5.74, 6) is 4.99. The molecule has 0 radical (unpaired) electrons. The van der Waals surface area contributed by atoms with E-state index in [1.54, 1.807) is 0 Å². The van der Waals surface area contributed by atoms with Crippen LogP contribution in [0.1, 0.15) is 43.2 Å². The van der Waals surface area contributed by atoms with E-state index < -0.39 is 0 Å². The van der Waals surface area contributed by atoms with Crippen molar-refractivity contribution >= 4 is 10.8 Å². The van der Waals surface area contributed by atoms with Gasteiger partial charge in [0.15, 0.2) is 17.5 Å². The highest BCUT2D eigenvalue weighted by atomic mass is 15.0. The quantitative estimate of drug-likeness (QED) is 0.191. The number of hydrogen-bond donors (Lipinski definition) is 0. The molecule has 0 atom stereocenters. The van der Waals surface area contributed by atoms with Gasteiger partial charge in [0, 0.05) is 34.5 Å². The molecule has 3 aromatic heterocycles. The number of nitrogens with zero attached hydrogens (tertiary/aromatic N) is 5. The molecule has 0 aliphatic heterocycles. The second-order valence-electron chi connectivity index (χ2n) is 15.0. The highest BCUT2D eigenvalue weighted by molar-refractivity contribution is 5.96. The van der Waals surface area contributed by atoms with Gasteiger partial charge in [-0.1, -0.05) is 103 Å². The lowest BCUT2D eigenvalue weighted by Crippen LogP contribution is -2.55. The Labute approximate surface area is 291 Å². The van der Waals surface area contributed by atoms with Crippen LogP contribution in [0.25, 0.3) is 67.5 Å². The highest BCUT2D eigenvalue weighted by Crippen LogP contribution is 2.69. The maximum atomic E-state index is 5.20. The smallest absolute Gasteiger partial charge is 0.165 e. The molecule has 4 bridgehead atoms. The summed E-state index contributed by atoms with van der Waals surface area (Å²) in [6.45, 7) is 0. The molecular formula is C45H35N5. The van der Waals surface area contributed by atoms with Crippen LogP contribution in [-0.4, -0.2) is 24.9 Å². The summed E-state index contributed by atoms with van der Waals surface area (Å²) < 4.78 is 0. The summed E-state index contributed by atoms with van der Waals surface area (Å²) >= 11 is 0. The maximum Gasteiger partial charge on any atom is 0.165 e. The molecule has 5 nitrogen and oxygen atoms in total. The zero-order valence-corrected chi connectivity index (χ0v) is 27.7. The first-order valence-electron chi connectivity index (χ1n) is 18.1. The first-order chi connectivity index (χ1) is 24.7. The van der Waals surface area contributed by atoms with E-state index in [1.165, 1.54) is 65.1 Å². The highest BCUT2D eigenvalue weighted by Gasteiger charge is 2.62.